The molecular formula is C15H8BrN3O2. The van der Waals surface area contributed by atoms with Gasteiger partial charge in [0.25, 0.3) is 11.8 Å². The molecule has 3 heterocycles. The second-order valence-corrected chi connectivity index (χ2v) is 5.57. The molecule has 2 aromatic heterocycles. The van der Waals surface area contributed by atoms with Gasteiger partial charge in [-0.15, -0.1) is 0 Å². The van der Waals surface area contributed by atoms with Gasteiger partial charge in [0.1, 0.15) is 5.65 Å². The van der Waals surface area contributed by atoms with Gasteiger partial charge < -0.3 is 4.98 Å². The number of imide groups is 1. The van der Waals surface area contributed by atoms with Crippen molar-refractivity contribution in [1.29, 1.82) is 0 Å². The Morgan fingerprint density at radius 1 is 1.10 bits per heavy atom. The first-order valence-electron chi connectivity index (χ1n) is 6.27. The van der Waals surface area contributed by atoms with Crippen molar-refractivity contribution in [2.75, 3.05) is 4.90 Å². The number of aromatic nitrogens is 2. The summed E-state index contributed by atoms with van der Waals surface area (Å²) in [5.41, 5.74) is 2.02. The van der Waals surface area contributed by atoms with E-state index in [1.807, 2.05) is 0 Å². The Labute approximate surface area is 127 Å². The molecule has 102 valence electrons. The minimum absolute atomic E-state index is 0.316. The Morgan fingerprint density at radius 3 is 2.43 bits per heavy atom. The van der Waals surface area contributed by atoms with E-state index in [2.05, 4.69) is 25.9 Å². The molecule has 0 atom stereocenters. The highest BCUT2D eigenvalue weighted by atomic mass is 79.9. The van der Waals surface area contributed by atoms with Crippen LogP contribution >= 0.6 is 15.9 Å². The number of aromatic amines is 1. The molecule has 1 aliphatic rings. The van der Waals surface area contributed by atoms with Crippen LogP contribution in [0.4, 0.5) is 5.69 Å². The predicted molar refractivity (Wildman–Crippen MR) is 81.4 cm³/mol. The second kappa shape index (κ2) is 4.26. The molecule has 0 bridgehead atoms. The number of carbonyl (C=O) groups is 2. The molecule has 0 radical (unpaired) electrons. The van der Waals surface area contributed by atoms with Crippen molar-refractivity contribution in [2.45, 2.75) is 0 Å². The first kappa shape index (κ1) is 12.3. The Morgan fingerprint density at radius 2 is 1.76 bits per heavy atom. The number of rotatable bonds is 1. The molecule has 2 amide bonds. The van der Waals surface area contributed by atoms with E-state index in [0.717, 1.165) is 14.8 Å². The number of fused-ring (bicyclic) bond motifs is 2. The number of pyridine rings is 1. The van der Waals surface area contributed by atoms with Crippen LogP contribution in [-0.2, 0) is 0 Å². The van der Waals surface area contributed by atoms with Gasteiger partial charge in [0, 0.05) is 16.1 Å². The number of carbonyl (C=O) groups excluding carboxylic acids is 2. The number of hydrogen-bond donors (Lipinski definition) is 1. The van der Waals surface area contributed by atoms with E-state index in [-0.39, 0.29) is 11.8 Å². The van der Waals surface area contributed by atoms with Crippen LogP contribution in [0, 0.1) is 0 Å². The molecule has 0 fully saturated rings. The summed E-state index contributed by atoms with van der Waals surface area (Å²) in [7, 11) is 0. The fraction of sp³-hybridized carbons (Fsp3) is 0. The zero-order chi connectivity index (χ0) is 14.6. The number of anilines is 1. The van der Waals surface area contributed by atoms with Crippen molar-refractivity contribution < 1.29 is 9.59 Å². The summed E-state index contributed by atoms with van der Waals surface area (Å²) in [6, 6.07) is 8.58. The molecule has 6 heteroatoms. The van der Waals surface area contributed by atoms with Gasteiger partial charge in [-0.3, -0.25) is 9.59 Å². The molecule has 0 unspecified atom stereocenters. The first-order chi connectivity index (χ1) is 10.2. The summed E-state index contributed by atoms with van der Waals surface area (Å²) in [4.78, 5) is 33.3. The number of nitrogens with zero attached hydrogens (tertiary/aromatic N) is 2. The number of hydrogen-bond acceptors (Lipinski definition) is 3. The smallest absolute Gasteiger partial charge is 0.266 e. The zero-order valence-corrected chi connectivity index (χ0v) is 12.2. The van der Waals surface area contributed by atoms with Crippen molar-refractivity contribution in [1.82, 2.24) is 9.97 Å². The molecule has 4 rings (SSSR count). The highest BCUT2D eigenvalue weighted by molar-refractivity contribution is 9.10. The van der Waals surface area contributed by atoms with Crippen LogP contribution in [0.2, 0.25) is 0 Å². The van der Waals surface area contributed by atoms with Crippen molar-refractivity contribution in [3.63, 3.8) is 0 Å². The molecule has 5 nitrogen and oxygen atoms in total. The SMILES string of the molecule is O=C1c2ccccc2C(=O)N1c1cnc2[nH]cc(Br)c2c1. The number of H-pyrrole nitrogens is 1. The molecule has 0 saturated heterocycles. The van der Waals surface area contributed by atoms with Crippen molar-refractivity contribution in [2.24, 2.45) is 0 Å². The third-order valence-electron chi connectivity index (χ3n) is 3.52. The lowest BCUT2D eigenvalue weighted by atomic mass is 10.1. The highest BCUT2D eigenvalue weighted by Gasteiger charge is 2.36. The largest absolute Gasteiger partial charge is 0.345 e. The maximum atomic E-state index is 12.4. The summed E-state index contributed by atoms with van der Waals surface area (Å²) in [6.07, 6.45) is 3.29. The van der Waals surface area contributed by atoms with Crippen LogP contribution < -0.4 is 4.90 Å². The van der Waals surface area contributed by atoms with Gasteiger partial charge in [0.05, 0.1) is 23.0 Å². The summed E-state index contributed by atoms with van der Waals surface area (Å²) in [5.74, 6) is -0.633. The standard InChI is InChI=1S/C15H8BrN3O2/c16-12-7-18-13-11(12)5-8(6-17-13)19-14(20)9-3-1-2-4-10(9)15(19)21/h1-7H,(H,17,18). The van der Waals surface area contributed by atoms with Gasteiger partial charge in [-0.1, -0.05) is 12.1 Å². The molecule has 1 aliphatic heterocycles. The number of nitrogens with one attached hydrogen (secondary N) is 1. The number of benzene rings is 1. The molecule has 0 spiro atoms. The lowest BCUT2D eigenvalue weighted by Gasteiger charge is -2.13. The maximum absolute atomic E-state index is 12.4. The Balaban J connectivity index is 1.88. The lowest BCUT2D eigenvalue weighted by Crippen LogP contribution is -2.29. The third-order valence-corrected chi connectivity index (χ3v) is 4.17. The predicted octanol–water partition coefficient (Wildman–Crippen LogP) is 3.13. The average molecular weight is 342 g/mol. The van der Waals surface area contributed by atoms with E-state index in [1.165, 1.54) is 6.20 Å². The van der Waals surface area contributed by atoms with Gasteiger partial charge in [0.15, 0.2) is 0 Å². The molecule has 3 aromatic rings. The molecule has 0 saturated carbocycles. The second-order valence-electron chi connectivity index (χ2n) is 4.72. The third kappa shape index (κ3) is 1.66. The minimum Gasteiger partial charge on any atom is -0.345 e. The van der Waals surface area contributed by atoms with Gasteiger partial charge in [-0.25, -0.2) is 9.88 Å². The monoisotopic (exact) mass is 341 g/mol. The Hall–Kier alpha value is -2.47. The van der Waals surface area contributed by atoms with Crippen LogP contribution in [0.3, 0.4) is 0 Å². The van der Waals surface area contributed by atoms with E-state index >= 15 is 0 Å². The zero-order valence-electron chi connectivity index (χ0n) is 10.6. The molecule has 0 aliphatic carbocycles. The van der Waals surface area contributed by atoms with E-state index in [9.17, 15) is 9.59 Å². The average Bonchev–Trinajstić information content (AvgIpc) is 2.99. The van der Waals surface area contributed by atoms with Gasteiger partial charge in [-0.05, 0) is 34.1 Å². The highest BCUT2D eigenvalue weighted by Crippen LogP contribution is 2.31. The van der Waals surface area contributed by atoms with Crippen molar-refractivity contribution in [3.8, 4) is 0 Å². The summed E-state index contributed by atoms with van der Waals surface area (Å²) >= 11 is 3.41. The topological polar surface area (TPSA) is 66.1 Å². The van der Waals surface area contributed by atoms with Gasteiger partial charge in [0.2, 0.25) is 0 Å². The van der Waals surface area contributed by atoms with Crippen LogP contribution in [0.1, 0.15) is 20.7 Å². The normalized spacial score (nSPS) is 14.0. The maximum Gasteiger partial charge on any atom is 0.266 e. The van der Waals surface area contributed by atoms with Crippen LogP contribution in [0.25, 0.3) is 11.0 Å². The summed E-state index contributed by atoms with van der Waals surface area (Å²) in [5, 5.41) is 0.823. The lowest BCUT2D eigenvalue weighted by molar-refractivity contribution is 0.0926. The van der Waals surface area contributed by atoms with E-state index in [0.29, 0.717) is 22.5 Å². The van der Waals surface area contributed by atoms with E-state index in [4.69, 9.17) is 0 Å². The fourth-order valence-electron chi connectivity index (χ4n) is 2.51. The number of halogens is 1. The van der Waals surface area contributed by atoms with E-state index < -0.39 is 0 Å². The molecule has 21 heavy (non-hydrogen) atoms. The summed E-state index contributed by atoms with van der Waals surface area (Å²) in [6.45, 7) is 0. The minimum atomic E-state index is -0.316. The van der Waals surface area contributed by atoms with Crippen molar-refractivity contribution >= 4 is 44.5 Å². The van der Waals surface area contributed by atoms with Crippen molar-refractivity contribution in [3.05, 3.63) is 58.3 Å². The molecule has 1 N–H and O–H groups in total. The van der Waals surface area contributed by atoms with Gasteiger partial charge >= 0.3 is 0 Å². The van der Waals surface area contributed by atoms with E-state index in [1.54, 1.807) is 36.5 Å². The van der Waals surface area contributed by atoms with Crippen LogP contribution in [-0.4, -0.2) is 21.8 Å². The number of amides is 2. The van der Waals surface area contributed by atoms with Gasteiger partial charge in [-0.2, -0.15) is 0 Å². The van der Waals surface area contributed by atoms with Crippen LogP contribution in [0.15, 0.2) is 47.2 Å². The Bertz CT molecular complexity index is 881. The Kier molecular flexibility index (Phi) is 2.49. The molecule has 1 aromatic carbocycles. The summed E-state index contributed by atoms with van der Waals surface area (Å²) < 4.78 is 0.837. The quantitative estimate of drug-likeness (QED) is 0.691. The fourth-order valence-corrected chi connectivity index (χ4v) is 2.92. The van der Waals surface area contributed by atoms with Crippen LogP contribution in [0.5, 0.6) is 0 Å². The first-order valence-corrected chi connectivity index (χ1v) is 7.06. The molecular weight excluding hydrogens is 334 g/mol.